The van der Waals surface area contributed by atoms with Gasteiger partial charge in [0.2, 0.25) is 10.0 Å². The van der Waals surface area contributed by atoms with E-state index in [4.69, 9.17) is 11.6 Å². The summed E-state index contributed by atoms with van der Waals surface area (Å²) in [7, 11) is -1.66. The van der Waals surface area contributed by atoms with Crippen LogP contribution in [0.1, 0.15) is 24.8 Å². The van der Waals surface area contributed by atoms with Crippen molar-refractivity contribution in [1.29, 1.82) is 0 Å². The molecule has 21 heavy (non-hydrogen) atoms. The first-order valence-corrected chi connectivity index (χ1v) is 9.98. The van der Waals surface area contributed by atoms with Gasteiger partial charge in [-0.25, -0.2) is 13.1 Å². The molecule has 1 aliphatic heterocycles. The van der Waals surface area contributed by atoms with E-state index in [2.05, 4.69) is 10.0 Å². The summed E-state index contributed by atoms with van der Waals surface area (Å²) in [4.78, 5) is 0.230. The molecule has 2 rings (SSSR count). The first-order chi connectivity index (χ1) is 10.0. The fourth-order valence-corrected chi connectivity index (χ4v) is 5.05. The van der Waals surface area contributed by atoms with E-state index in [9.17, 15) is 8.42 Å². The molecule has 4 nitrogen and oxygen atoms in total. The van der Waals surface area contributed by atoms with E-state index in [0.29, 0.717) is 23.4 Å². The molecule has 1 fully saturated rings. The Balaban J connectivity index is 2.03. The number of hydrogen-bond donors (Lipinski definition) is 2. The Bertz CT molecular complexity index is 572. The number of sulfonamides is 1. The highest BCUT2D eigenvalue weighted by atomic mass is 35.5. The smallest absolute Gasteiger partial charge is 0.240 e. The Morgan fingerprint density at radius 1 is 1.38 bits per heavy atom. The monoisotopic (exact) mass is 348 g/mol. The van der Waals surface area contributed by atoms with Crippen LogP contribution in [0.5, 0.6) is 0 Å². The molecule has 1 heterocycles. The predicted molar refractivity (Wildman–Crippen MR) is 89.5 cm³/mol. The number of rotatable bonds is 6. The quantitative estimate of drug-likeness (QED) is 0.829. The SMILES string of the molecule is CNCc1ccc(S(=O)(=O)NCC2CCCCS2)cc1Cl. The summed E-state index contributed by atoms with van der Waals surface area (Å²) in [5.41, 5.74) is 0.890. The van der Waals surface area contributed by atoms with Gasteiger partial charge in [0, 0.05) is 23.4 Å². The molecule has 0 bridgehead atoms. The third-order valence-electron chi connectivity index (χ3n) is 3.48. The Hall–Kier alpha value is -0.270. The van der Waals surface area contributed by atoms with Gasteiger partial charge >= 0.3 is 0 Å². The molecule has 0 aromatic heterocycles. The van der Waals surface area contributed by atoms with E-state index in [1.807, 2.05) is 18.8 Å². The second-order valence-electron chi connectivity index (χ2n) is 5.12. The van der Waals surface area contributed by atoms with Crippen molar-refractivity contribution in [2.45, 2.75) is 36.0 Å². The zero-order chi connectivity index (χ0) is 15.3. The molecule has 118 valence electrons. The summed E-state index contributed by atoms with van der Waals surface area (Å²) in [5.74, 6) is 1.12. The van der Waals surface area contributed by atoms with Crippen LogP contribution in [0, 0.1) is 0 Å². The minimum atomic E-state index is -3.48. The molecule has 1 aliphatic rings. The fraction of sp³-hybridized carbons (Fsp3) is 0.571. The average Bonchev–Trinajstić information content (AvgIpc) is 2.48. The van der Waals surface area contributed by atoms with E-state index < -0.39 is 10.0 Å². The van der Waals surface area contributed by atoms with Crippen LogP contribution in [-0.2, 0) is 16.6 Å². The maximum Gasteiger partial charge on any atom is 0.240 e. The number of thioether (sulfide) groups is 1. The van der Waals surface area contributed by atoms with Crippen LogP contribution < -0.4 is 10.0 Å². The highest BCUT2D eigenvalue weighted by molar-refractivity contribution is 8.00. The predicted octanol–water partition coefficient (Wildman–Crippen LogP) is 2.62. The van der Waals surface area contributed by atoms with Crippen molar-refractivity contribution in [3.63, 3.8) is 0 Å². The molecule has 1 saturated heterocycles. The highest BCUT2D eigenvalue weighted by Gasteiger charge is 2.19. The second-order valence-corrected chi connectivity index (χ2v) is 8.71. The van der Waals surface area contributed by atoms with Crippen LogP contribution in [0.2, 0.25) is 5.02 Å². The van der Waals surface area contributed by atoms with Crippen LogP contribution in [0.25, 0.3) is 0 Å². The van der Waals surface area contributed by atoms with Gasteiger partial charge in [-0.3, -0.25) is 0 Å². The Morgan fingerprint density at radius 3 is 2.81 bits per heavy atom. The lowest BCUT2D eigenvalue weighted by Gasteiger charge is -2.21. The molecule has 0 saturated carbocycles. The second kappa shape index (κ2) is 7.83. The lowest BCUT2D eigenvalue weighted by atomic mass is 10.2. The van der Waals surface area contributed by atoms with Crippen LogP contribution >= 0.6 is 23.4 Å². The van der Waals surface area contributed by atoms with Crippen molar-refractivity contribution in [3.05, 3.63) is 28.8 Å². The summed E-state index contributed by atoms with van der Waals surface area (Å²) < 4.78 is 27.3. The van der Waals surface area contributed by atoms with E-state index in [0.717, 1.165) is 17.7 Å². The zero-order valence-corrected chi connectivity index (χ0v) is 14.5. The van der Waals surface area contributed by atoms with Gasteiger partial charge in [-0.15, -0.1) is 0 Å². The number of nitrogens with one attached hydrogen (secondary N) is 2. The largest absolute Gasteiger partial charge is 0.316 e. The molecular formula is C14H21ClN2O2S2. The molecule has 0 radical (unpaired) electrons. The van der Waals surface area contributed by atoms with Crippen molar-refractivity contribution < 1.29 is 8.42 Å². The molecule has 0 spiro atoms. The maximum absolute atomic E-state index is 12.3. The number of benzene rings is 1. The van der Waals surface area contributed by atoms with Crippen molar-refractivity contribution in [2.24, 2.45) is 0 Å². The minimum Gasteiger partial charge on any atom is -0.316 e. The normalized spacial score (nSPS) is 19.6. The van der Waals surface area contributed by atoms with Crippen molar-refractivity contribution in [1.82, 2.24) is 10.0 Å². The summed E-state index contributed by atoms with van der Waals surface area (Å²) >= 11 is 7.98. The lowest BCUT2D eigenvalue weighted by Crippen LogP contribution is -2.32. The van der Waals surface area contributed by atoms with Gasteiger partial charge in [0.1, 0.15) is 0 Å². The summed E-state index contributed by atoms with van der Waals surface area (Å²) in [5, 5.41) is 3.85. The van der Waals surface area contributed by atoms with Crippen LogP contribution in [0.15, 0.2) is 23.1 Å². The van der Waals surface area contributed by atoms with Gasteiger partial charge in [0.15, 0.2) is 0 Å². The molecular weight excluding hydrogens is 328 g/mol. The lowest BCUT2D eigenvalue weighted by molar-refractivity contribution is 0.573. The van der Waals surface area contributed by atoms with Gasteiger partial charge in [0.05, 0.1) is 4.90 Å². The summed E-state index contributed by atoms with van der Waals surface area (Å²) in [6.07, 6.45) is 3.50. The third kappa shape index (κ3) is 4.86. The van der Waals surface area contributed by atoms with Gasteiger partial charge in [-0.1, -0.05) is 24.1 Å². The molecule has 1 unspecified atom stereocenters. The average molecular weight is 349 g/mol. The van der Waals surface area contributed by atoms with Crippen LogP contribution in [-0.4, -0.2) is 33.0 Å². The third-order valence-corrected chi connectivity index (χ3v) is 6.65. The Morgan fingerprint density at radius 2 is 2.19 bits per heavy atom. The Kier molecular flexibility index (Phi) is 6.37. The summed E-state index contributed by atoms with van der Waals surface area (Å²) in [6.45, 7) is 1.11. The molecule has 2 N–H and O–H groups in total. The van der Waals surface area contributed by atoms with Crippen molar-refractivity contribution in [2.75, 3.05) is 19.3 Å². The van der Waals surface area contributed by atoms with Crippen LogP contribution in [0.4, 0.5) is 0 Å². The first-order valence-electron chi connectivity index (χ1n) is 7.07. The standard InChI is InChI=1S/C14H21ClN2O2S2/c1-16-9-11-5-6-13(8-14(11)15)21(18,19)17-10-12-4-2-3-7-20-12/h5-6,8,12,16-17H,2-4,7,9-10H2,1H3. The highest BCUT2D eigenvalue weighted by Crippen LogP contribution is 2.25. The number of halogens is 1. The molecule has 7 heteroatoms. The molecule has 0 aliphatic carbocycles. The summed E-state index contributed by atoms with van der Waals surface area (Å²) in [6, 6.07) is 4.88. The van der Waals surface area contributed by atoms with E-state index in [1.54, 1.807) is 12.1 Å². The molecule has 1 aromatic rings. The topological polar surface area (TPSA) is 58.2 Å². The van der Waals surface area contributed by atoms with Gasteiger partial charge in [0.25, 0.3) is 0 Å². The van der Waals surface area contributed by atoms with Crippen molar-refractivity contribution >= 4 is 33.4 Å². The van der Waals surface area contributed by atoms with E-state index in [-0.39, 0.29) is 4.90 Å². The minimum absolute atomic E-state index is 0.230. The molecule has 1 aromatic carbocycles. The molecule has 0 amide bonds. The van der Waals surface area contributed by atoms with Gasteiger partial charge < -0.3 is 5.32 Å². The maximum atomic E-state index is 12.3. The first kappa shape index (κ1) is 17.1. The fourth-order valence-electron chi connectivity index (χ4n) is 2.28. The molecule has 1 atom stereocenters. The van der Waals surface area contributed by atoms with Gasteiger partial charge in [-0.2, -0.15) is 11.8 Å². The van der Waals surface area contributed by atoms with E-state index in [1.165, 1.54) is 18.9 Å². The van der Waals surface area contributed by atoms with E-state index >= 15 is 0 Å². The van der Waals surface area contributed by atoms with Crippen molar-refractivity contribution in [3.8, 4) is 0 Å². The van der Waals surface area contributed by atoms with Gasteiger partial charge in [-0.05, 0) is 43.3 Å². The van der Waals surface area contributed by atoms with Crippen LogP contribution in [0.3, 0.4) is 0 Å². The number of hydrogen-bond acceptors (Lipinski definition) is 4. The Labute approximate surface area is 136 Å². The zero-order valence-electron chi connectivity index (χ0n) is 12.1.